The number of nitrogens with one attached hydrogen (secondary N) is 2. The number of alkyl carbamates (subject to hydrolysis) is 1. The largest absolute Gasteiger partial charge is 0.444 e. The zero-order valence-corrected chi connectivity index (χ0v) is 27.4. The third-order valence-corrected chi connectivity index (χ3v) is 7.32. The molecule has 2 unspecified atom stereocenters. The van der Waals surface area contributed by atoms with Crippen LogP contribution in [-0.2, 0) is 14.3 Å². The number of para-hydroxylation sites is 1. The van der Waals surface area contributed by atoms with Crippen LogP contribution in [0.3, 0.4) is 0 Å². The third kappa shape index (κ3) is 11.1. The summed E-state index contributed by atoms with van der Waals surface area (Å²) in [5, 5.41) is 5.91. The highest BCUT2D eigenvalue weighted by molar-refractivity contribution is 6.00. The fourth-order valence-corrected chi connectivity index (χ4v) is 4.99. The standard InChI is InChI=1S/C36H51N3O4/c1-10-12-13-14-15-16-24-39(34(41)30(25(3)4)38-35(42)43-36(7,8)9)32(29-22-20-28(11-2)21-23-29)33(40)37-31-26(5)18-17-19-27(31)6/h2,17-23,25,30,32H,10,12-16,24H2,1,3-9H3,(H,37,40)(H,38,42). The predicted octanol–water partition coefficient (Wildman–Crippen LogP) is 7.70. The summed E-state index contributed by atoms with van der Waals surface area (Å²) >= 11 is 0. The summed E-state index contributed by atoms with van der Waals surface area (Å²) in [7, 11) is 0. The summed E-state index contributed by atoms with van der Waals surface area (Å²) in [4.78, 5) is 43.1. The smallest absolute Gasteiger partial charge is 0.408 e. The number of unbranched alkanes of at least 4 members (excludes halogenated alkanes) is 5. The van der Waals surface area contributed by atoms with Gasteiger partial charge in [0.2, 0.25) is 5.91 Å². The van der Waals surface area contributed by atoms with E-state index in [0.29, 0.717) is 17.7 Å². The zero-order valence-electron chi connectivity index (χ0n) is 27.4. The van der Waals surface area contributed by atoms with Gasteiger partial charge in [-0.15, -0.1) is 6.42 Å². The van der Waals surface area contributed by atoms with E-state index in [-0.39, 0.29) is 17.7 Å². The lowest BCUT2D eigenvalue weighted by Gasteiger charge is -2.36. The number of benzene rings is 2. The van der Waals surface area contributed by atoms with Crippen molar-refractivity contribution in [3.63, 3.8) is 0 Å². The van der Waals surface area contributed by atoms with Crippen LogP contribution in [0, 0.1) is 32.1 Å². The van der Waals surface area contributed by atoms with Crippen molar-refractivity contribution in [2.45, 2.75) is 112 Å². The van der Waals surface area contributed by atoms with Gasteiger partial charge in [0.05, 0.1) is 0 Å². The Morgan fingerprint density at radius 3 is 2.05 bits per heavy atom. The third-order valence-electron chi connectivity index (χ3n) is 7.32. The molecule has 2 aromatic rings. The summed E-state index contributed by atoms with van der Waals surface area (Å²) in [6.45, 7) is 15.5. The number of rotatable bonds is 14. The lowest BCUT2D eigenvalue weighted by Crippen LogP contribution is -2.54. The minimum atomic E-state index is -0.948. The van der Waals surface area contributed by atoms with Gasteiger partial charge in [-0.3, -0.25) is 9.59 Å². The van der Waals surface area contributed by atoms with Crippen molar-refractivity contribution in [1.82, 2.24) is 10.2 Å². The molecule has 7 heteroatoms. The molecule has 0 fully saturated rings. The first kappa shape index (κ1) is 35.4. The number of carbonyl (C=O) groups excluding carboxylic acids is 3. The van der Waals surface area contributed by atoms with Crippen LogP contribution in [0.4, 0.5) is 10.5 Å². The number of amides is 3. The molecular weight excluding hydrogens is 538 g/mol. The normalized spacial score (nSPS) is 12.7. The molecule has 3 amide bonds. The molecule has 2 rings (SSSR count). The number of anilines is 1. The molecule has 234 valence electrons. The van der Waals surface area contributed by atoms with E-state index in [0.717, 1.165) is 48.9 Å². The van der Waals surface area contributed by atoms with E-state index in [9.17, 15) is 14.4 Å². The molecule has 0 aromatic heterocycles. The number of ether oxygens (including phenoxy) is 1. The Kier molecular flexibility index (Phi) is 13.8. The van der Waals surface area contributed by atoms with Crippen LogP contribution in [0.25, 0.3) is 0 Å². The average Bonchev–Trinajstić information content (AvgIpc) is 2.93. The summed E-state index contributed by atoms with van der Waals surface area (Å²) in [5.41, 5.74) is 3.17. The van der Waals surface area contributed by atoms with Crippen molar-refractivity contribution < 1.29 is 19.1 Å². The van der Waals surface area contributed by atoms with Gasteiger partial charge in [-0.1, -0.05) is 89.1 Å². The van der Waals surface area contributed by atoms with Crippen molar-refractivity contribution >= 4 is 23.6 Å². The molecule has 43 heavy (non-hydrogen) atoms. The first-order valence-corrected chi connectivity index (χ1v) is 15.5. The maximum absolute atomic E-state index is 14.4. The van der Waals surface area contributed by atoms with Crippen LogP contribution < -0.4 is 10.6 Å². The van der Waals surface area contributed by atoms with Crippen molar-refractivity contribution in [3.05, 3.63) is 64.7 Å². The minimum absolute atomic E-state index is 0.252. The van der Waals surface area contributed by atoms with E-state index in [2.05, 4.69) is 23.5 Å². The van der Waals surface area contributed by atoms with Gasteiger partial charge in [0.15, 0.2) is 0 Å². The maximum Gasteiger partial charge on any atom is 0.408 e. The zero-order chi connectivity index (χ0) is 32.2. The second-order valence-corrected chi connectivity index (χ2v) is 12.6. The van der Waals surface area contributed by atoms with Crippen LogP contribution in [0.5, 0.6) is 0 Å². The molecule has 0 spiro atoms. The number of aryl methyl sites for hydroxylation is 2. The lowest BCUT2D eigenvalue weighted by atomic mass is 9.97. The van der Waals surface area contributed by atoms with Crippen molar-refractivity contribution in [2.24, 2.45) is 5.92 Å². The van der Waals surface area contributed by atoms with Gasteiger partial charge in [-0.2, -0.15) is 0 Å². The average molecular weight is 590 g/mol. The van der Waals surface area contributed by atoms with E-state index in [1.807, 2.05) is 45.9 Å². The molecule has 0 radical (unpaired) electrons. The highest BCUT2D eigenvalue weighted by Crippen LogP contribution is 2.28. The molecule has 0 aliphatic rings. The van der Waals surface area contributed by atoms with E-state index in [1.54, 1.807) is 49.9 Å². The summed E-state index contributed by atoms with van der Waals surface area (Å²) < 4.78 is 5.49. The van der Waals surface area contributed by atoms with E-state index in [1.165, 1.54) is 6.42 Å². The first-order valence-electron chi connectivity index (χ1n) is 15.5. The maximum atomic E-state index is 14.4. The lowest BCUT2D eigenvalue weighted by molar-refractivity contribution is -0.141. The van der Waals surface area contributed by atoms with E-state index >= 15 is 0 Å². The van der Waals surface area contributed by atoms with Gasteiger partial charge in [0, 0.05) is 17.8 Å². The molecule has 0 aliphatic heterocycles. The number of hydrogen-bond acceptors (Lipinski definition) is 4. The Balaban J connectivity index is 2.56. The Morgan fingerprint density at radius 1 is 0.930 bits per heavy atom. The van der Waals surface area contributed by atoms with Crippen LogP contribution in [0.1, 0.15) is 108 Å². The Labute approximate surface area is 259 Å². The van der Waals surface area contributed by atoms with Crippen LogP contribution >= 0.6 is 0 Å². The Morgan fingerprint density at radius 2 is 1.51 bits per heavy atom. The Hall–Kier alpha value is -3.79. The molecule has 0 saturated heterocycles. The molecule has 0 saturated carbocycles. The molecule has 0 bridgehead atoms. The number of terminal acetylenes is 1. The van der Waals surface area contributed by atoms with Crippen LogP contribution in [0.15, 0.2) is 42.5 Å². The van der Waals surface area contributed by atoms with Crippen molar-refractivity contribution in [2.75, 3.05) is 11.9 Å². The predicted molar refractivity (Wildman–Crippen MR) is 175 cm³/mol. The second kappa shape index (κ2) is 16.7. The first-order chi connectivity index (χ1) is 20.3. The molecule has 2 N–H and O–H groups in total. The summed E-state index contributed by atoms with van der Waals surface area (Å²) in [6, 6.07) is 11.2. The van der Waals surface area contributed by atoms with E-state index in [4.69, 9.17) is 11.2 Å². The summed E-state index contributed by atoms with van der Waals surface area (Å²) in [5.74, 6) is 1.70. The quantitative estimate of drug-likeness (QED) is 0.175. The van der Waals surface area contributed by atoms with Gasteiger partial charge in [-0.25, -0.2) is 4.79 Å². The van der Waals surface area contributed by atoms with Gasteiger partial charge < -0.3 is 20.3 Å². The number of nitrogens with zero attached hydrogens (tertiary/aromatic N) is 1. The fourth-order valence-electron chi connectivity index (χ4n) is 4.99. The van der Waals surface area contributed by atoms with Crippen molar-refractivity contribution in [1.29, 1.82) is 0 Å². The van der Waals surface area contributed by atoms with Gasteiger partial charge in [-0.05, 0) is 75.8 Å². The fraction of sp³-hybridized carbons (Fsp3) is 0.528. The second-order valence-electron chi connectivity index (χ2n) is 12.6. The highest BCUT2D eigenvalue weighted by atomic mass is 16.6. The van der Waals surface area contributed by atoms with Crippen LogP contribution in [0.2, 0.25) is 0 Å². The van der Waals surface area contributed by atoms with Gasteiger partial charge in [0.1, 0.15) is 17.7 Å². The highest BCUT2D eigenvalue weighted by Gasteiger charge is 2.37. The van der Waals surface area contributed by atoms with Crippen LogP contribution in [-0.4, -0.2) is 41.0 Å². The molecule has 2 aromatic carbocycles. The molecule has 0 heterocycles. The number of hydrogen-bond donors (Lipinski definition) is 2. The summed E-state index contributed by atoms with van der Waals surface area (Å²) in [6.07, 6.45) is 11.1. The van der Waals surface area contributed by atoms with Gasteiger partial charge in [0.25, 0.3) is 5.91 Å². The van der Waals surface area contributed by atoms with Crippen molar-refractivity contribution in [3.8, 4) is 12.3 Å². The monoisotopic (exact) mass is 589 g/mol. The molecule has 7 nitrogen and oxygen atoms in total. The number of carbonyl (C=O) groups is 3. The Bertz CT molecular complexity index is 1230. The van der Waals surface area contributed by atoms with E-state index < -0.39 is 23.8 Å². The molecule has 2 atom stereocenters. The molecular formula is C36H51N3O4. The topological polar surface area (TPSA) is 87.7 Å². The molecule has 0 aliphatic carbocycles. The van der Waals surface area contributed by atoms with Gasteiger partial charge >= 0.3 is 6.09 Å². The SMILES string of the molecule is C#Cc1ccc(C(C(=O)Nc2c(C)cccc2C)N(CCCCCCCC)C(=O)C(NC(=O)OC(C)(C)C)C(C)C)cc1. The minimum Gasteiger partial charge on any atom is -0.444 e.